The molecule has 1 unspecified atom stereocenters. The summed E-state index contributed by atoms with van der Waals surface area (Å²) >= 11 is 1.82. The molecule has 0 aromatic carbocycles. The second kappa shape index (κ2) is 6.33. The predicted molar refractivity (Wildman–Crippen MR) is 92.8 cm³/mol. The van der Waals surface area contributed by atoms with E-state index in [2.05, 4.69) is 26.4 Å². The smallest absolute Gasteiger partial charge is 0.227 e. The summed E-state index contributed by atoms with van der Waals surface area (Å²) in [7, 11) is 0. The summed E-state index contributed by atoms with van der Waals surface area (Å²) in [4.78, 5) is 18.7. The Hall–Kier alpha value is -1.66. The number of thiophene rings is 1. The molecule has 24 heavy (non-hydrogen) atoms. The molecule has 4 rings (SSSR count). The van der Waals surface area contributed by atoms with Gasteiger partial charge in [0, 0.05) is 36.6 Å². The molecule has 0 spiro atoms. The molecule has 0 radical (unpaired) electrons. The molecule has 2 aromatic heterocycles. The first kappa shape index (κ1) is 15.8. The molecule has 1 saturated heterocycles. The van der Waals surface area contributed by atoms with E-state index in [9.17, 15) is 4.79 Å². The minimum Gasteiger partial charge on any atom is -0.361 e. The van der Waals surface area contributed by atoms with Crippen LogP contribution in [-0.2, 0) is 24.3 Å². The van der Waals surface area contributed by atoms with Gasteiger partial charge < -0.3 is 9.42 Å². The maximum absolute atomic E-state index is 12.9. The van der Waals surface area contributed by atoms with Crippen LogP contribution >= 0.6 is 11.3 Å². The van der Waals surface area contributed by atoms with Crippen molar-refractivity contribution >= 4 is 17.2 Å². The van der Waals surface area contributed by atoms with Crippen LogP contribution in [0.25, 0.3) is 0 Å². The van der Waals surface area contributed by atoms with E-state index in [0.717, 1.165) is 57.0 Å². The Morgan fingerprint density at radius 3 is 3.08 bits per heavy atom. The van der Waals surface area contributed by atoms with Crippen molar-refractivity contribution in [2.75, 3.05) is 19.6 Å². The summed E-state index contributed by atoms with van der Waals surface area (Å²) in [6.45, 7) is 8.25. The zero-order chi connectivity index (χ0) is 16.7. The molecule has 0 aliphatic carbocycles. The summed E-state index contributed by atoms with van der Waals surface area (Å²) in [5.74, 6) is 1.35. The largest absolute Gasteiger partial charge is 0.361 e. The lowest BCUT2D eigenvalue weighted by Crippen LogP contribution is -2.40. The zero-order valence-corrected chi connectivity index (χ0v) is 15.1. The van der Waals surface area contributed by atoms with E-state index in [1.165, 1.54) is 16.0 Å². The van der Waals surface area contributed by atoms with Gasteiger partial charge >= 0.3 is 0 Å². The second-order valence-electron chi connectivity index (χ2n) is 6.90. The molecule has 0 N–H and O–H groups in total. The van der Waals surface area contributed by atoms with E-state index in [-0.39, 0.29) is 5.92 Å². The molecule has 128 valence electrons. The van der Waals surface area contributed by atoms with Crippen molar-refractivity contribution in [3.8, 4) is 0 Å². The lowest BCUT2D eigenvalue weighted by Gasteiger charge is -2.29. The number of amides is 1. The van der Waals surface area contributed by atoms with E-state index in [4.69, 9.17) is 4.52 Å². The number of fused-ring (bicyclic) bond motifs is 1. The summed E-state index contributed by atoms with van der Waals surface area (Å²) in [5.41, 5.74) is 3.47. The molecular formula is C18H23N3O2S. The van der Waals surface area contributed by atoms with E-state index in [0.29, 0.717) is 5.91 Å². The molecule has 0 bridgehead atoms. The molecular weight excluding hydrogens is 322 g/mol. The minimum atomic E-state index is 0.130. The van der Waals surface area contributed by atoms with Crippen LogP contribution in [0.4, 0.5) is 0 Å². The molecule has 1 fully saturated rings. The summed E-state index contributed by atoms with van der Waals surface area (Å²) in [6, 6.07) is 2.16. The Labute approximate surface area is 146 Å². The quantitative estimate of drug-likeness (QED) is 0.858. The molecule has 5 nitrogen and oxygen atoms in total. The Kier molecular flexibility index (Phi) is 4.18. The van der Waals surface area contributed by atoms with Crippen molar-refractivity contribution in [3.05, 3.63) is 38.9 Å². The van der Waals surface area contributed by atoms with Gasteiger partial charge in [0.15, 0.2) is 0 Å². The minimum absolute atomic E-state index is 0.130. The number of aromatic nitrogens is 1. The third-order valence-electron chi connectivity index (χ3n) is 5.30. The zero-order valence-electron chi connectivity index (χ0n) is 14.2. The van der Waals surface area contributed by atoms with Crippen molar-refractivity contribution in [2.45, 2.75) is 39.8 Å². The fraction of sp³-hybridized carbons (Fsp3) is 0.556. The van der Waals surface area contributed by atoms with Gasteiger partial charge in [-0.05, 0) is 50.2 Å². The van der Waals surface area contributed by atoms with E-state index >= 15 is 0 Å². The Bertz CT molecular complexity index is 732. The highest BCUT2D eigenvalue weighted by molar-refractivity contribution is 7.10. The van der Waals surface area contributed by atoms with Crippen molar-refractivity contribution in [1.29, 1.82) is 0 Å². The van der Waals surface area contributed by atoms with E-state index in [1.54, 1.807) is 0 Å². The SMILES string of the molecule is Cc1noc(C)c1CN1CCC(C(=O)N2CCc3sccc3C2)C1. The van der Waals surface area contributed by atoms with Crippen LogP contribution in [0.3, 0.4) is 0 Å². The van der Waals surface area contributed by atoms with Crippen LogP contribution in [0.5, 0.6) is 0 Å². The molecule has 2 aliphatic rings. The number of hydrogen-bond acceptors (Lipinski definition) is 5. The standard InChI is InChI=1S/C18H23N3O2S/c1-12-16(13(2)23-19-12)11-20-6-3-15(9-20)18(22)21-7-4-17-14(10-21)5-8-24-17/h5,8,15H,3-4,6-7,9-11H2,1-2H3. The monoisotopic (exact) mass is 345 g/mol. The van der Waals surface area contributed by atoms with Gasteiger partial charge in [0.1, 0.15) is 5.76 Å². The van der Waals surface area contributed by atoms with Crippen molar-refractivity contribution in [3.63, 3.8) is 0 Å². The van der Waals surface area contributed by atoms with Crippen LogP contribution < -0.4 is 0 Å². The van der Waals surface area contributed by atoms with Gasteiger partial charge in [-0.25, -0.2) is 0 Å². The predicted octanol–water partition coefficient (Wildman–Crippen LogP) is 2.76. The number of likely N-dealkylation sites (tertiary alicyclic amines) is 1. The maximum Gasteiger partial charge on any atom is 0.227 e. The van der Waals surface area contributed by atoms with E-state index < -0.39 is 0 Å². The van der Waals surface area contributed by atoms with E-state index in [1.807, 2.05) is 25.2 Å². The molecule has 1 atom stereocenters. The van der Waals surface area contributed by atoms with Gasteiger partial charge in [-0.1, -0.05) is 5.16 Å². The van der Waals surface area contributed by atoms with Crippen LogP contribution in [0.2, 0.25) is 0 Å². The number of aryl methyl sites for hydroxylation is 2. The number of nitrogens with zero attached hydrogens (tertiary/aromatic N) is 3. The van der Waals surface area contributed by atoms with Gasteiger partial charge in [-0.3, -0.25) is 9.69 Å². The average Bonchev–Trinajstić information content (AvgIpc) is 3.30. The van der Waals surface area contributed by atoms with Gasteiger partial charge in [0.05, 0.1) is 11.6 Å². The normalized spacial score (nSPS) is 21.2. The molecule has 4 heterocycles. The second-order valence-corrected chi connectivity index (χ2v) is 7.90. The molecule has 2 aliphatic heterocycles. The number of hydrogen-bond donors (Lipinski definition) is 0. The topological polar surface area (TPSA) is 49.6 Å². The Morgan fingerprint density at radius 1 is 1.42 bits per heavy atom. The fourth-order valence-corrected chi connectivity index (χ4v) is 4.71. The Balaban J connectivity index is 1.37. The van der Waals surface area contributed by atoms with Crippen LogP contribution in [0.15, 0.2) is 16.0 Å². The molecule has 2 aromatic rings. The number of rotatable bonds is 3. The van der Waals surface area contributed by atoms with Crippen LogP contribution in [0.1, 0.15) is 33.9 Å². The number of carbonyl (C=O) groups is 1. The van der Waals surface area contributed by atoms with Crippen LogP contribution in [0, 0.1) is 19.8 Å². The van der Waals surface area contributed by atoms with Crippen molar-refractivity contribution in [1.82, 2.24) is 15.0 Å². The van der Waals surface area contributed by atoms with Gasteiger partial charge in [-0.2, -0.15) is 0 Å². The highest BCUT2D eigenvalue weighted by Crippen LogP contribution is 2.28. The lowest BCUT2D eigenvalue weighted by molar-refractivity contribution is -0.136. The van der Waals surface area contributed by atoms with Crippen molar-refractivity contribution in [2.24, 2.45) is 5.92 Å². The summed E-state index contributed by atoms with van der Waals surface area (Å²) < 4.78 is 5.25. The molecule has 6 heteroatoms. The van der Waals surface area contributed by atoms with Crippen molar-refractivity contribution < 1.29 is 9.32 Å². The van der Waals surface area contributed by atoms with Crippen LogP contribution in [-0.4, -0.2) is 40.5 Å². The first-order valence-electron chi connectivity index (χ1n) is 8.60. The third-order valence-corrected chi connectivity index (χ3v) is 6.33. The lowest BCUT2D eigenvalue weighted by atomic mass is 10.0. The fourth-order valence-electron chi connectivity index (χ4n) is 3.82. The average molecular weight is 345 g/mol. The van der Waals surface area contributed by atoms with Gasteiger partial charge in [0.2, 0.25) is 5.91 Å². The third kappa shape index (κ3) is 2.89. The Morgan fingerprint density at radius 2 is 2.29 bits per heavy atom. The highest BCUT2D eigenvalue weighted by atomic mass is 32.1. The number of carbonyl (C=O) groups excluding carboxylic acids is 1. The first-order valence-corrected chi connectivity index (χ1v) is 9.48. The van der Waals surface area contributed by atoms with Gasteiger partial charge in [-0.15, -0.1) is 11.3 Å². The first-order chi connectivity index (χ1) is 11.6. The molecule has 0 saturated carbocycles. The molecule has 1 amide bonds. The van der Waals surface area contributed by atoms with Gasteiger partial charge in [0.25, 0.3) is 0 Å². The summed E-state index contributed by atoms with van der Waals surface area (Å²) in [6.07, 6.45) is 1.96. The summed E-state index contributed by atoms with van der Waals surface area (Å²) in [5, 5.41) is 6.16. The highest BCUT2D eigenvalue weighted by Gasteiger charge is 2.33. The maximum atomic E-state index is 12.9.